The van der Waals surface area contributed by atoms with Crippen LogP contribution < -0.4 is 11.1 Å². The lowest BCUT2D eigenvalue weighted by Crippen LogP contribution is -2.57. The van der Waals surface area contributed by atoms with E-state index in [0.29, 0.717) is 12.8 Å². The monoisotopic (exact) mass is 242 g/mol. The van der Waals surface area contributed by atoms with Gasteiger partial charge in [0, 0.05) is 0 Å². The molecule has 17 heavy (non-hydrogen) atoms. The van der Waals surface area contributed by atoms with Gasteiger partial charge in [0.2, 0.25) is 5.91 Å². The summed E-state index contributed by atoms with van der Waals surface area (Å²) in [6.07, 6.45) is 3.30. The summed E-state index contributed by atoms with van der Waals surface area (Å²) in [5.41, 5.74) is 5.22. The summed E-state index contributed by atoms with van der Waals surface area (Å²) in [6.45, 7) is 3.72. The third-order valence-corrected chi connectivity index (χ3v) is 3.36. The number of rotatable bonds is 4. The molecule has 0 aromatic heterocycles. The number of methoxy groups -OCH3 is 1. The molecule has 5 heteroatoms. The molecule has 0 spiro atoms. The summed E-state index contributed by atoms with van der Waals surface area (Å²) in [5.74, 6) is -0.676. The second-order valence-electron chi connectivity index (χ2n) is 5.08. The topological polar surface area (TPSA) is 81.4 Å². The van der Waals surface area contributed by atoms with Crippen LogP contribution in [0.1, 0.15) is 39.5 Å². The standard InChI is InChI=1S/C12H22N2O3/c1-8(2)9(10(15)17-3)14-11(16)12(13)6-4-5-7-12/h8-9H,4-7,13H2,1-3H3,(H,14,16)/t9-/m1/s1. The van der Waals surface area contributed by atoms with Crippen molar-refractivity contribution < 1.29 is 14.3 Å². The van der Waals surface area contributed by atoms with Gasteiger partial charge in [-0.15, -0.1) is 0 Å². The Morgan fingerprint density at radius 1 is 1.29 bits per heavy atom. The zero-order chi connectivity index (χ0) is 13.1. The van der Waals surface area contributed by atoms with E-state index >= 15 is 0 Å². The molecule has 1 saturated carbocycles. The SMILES string of the molecule is COC(=O)[C@H](NC(=O)C1(N)CCCC1)C(C)C. The van der Waals surface area contributed by atoms with Crippen molar-refractivity contribution in [3.63, 3.8) is 0 Å². The molecule has 5 nitrogen and oxygen atoms in total. The second-order valence-corrected chi connectivity index (χ2v) is 5.08. The first kappa shape index (κ1) is 14.0. The van der Waals surface area contributed by atoms with E-state index in [1.807, 2.05) is 13.8 Å². The fraction of sp³-hybridized carbons (Fsp3) is 0.833. The summed E-state index contributed by atoms with van der Waals surface area (Å²) < 4.78 is 4.68. The first-order valence-electron chi connectivity index (χ1n) is 6.08. The van der Waals surface area contributed by atoms with Gasteiger partial charge in [-0.3, -0.25) is 4.79 Å². The molecule has 1 aliphatic rings. The van der Waals surface area contributed by atoms with Crippen LogP contribution in [0.3, 0.4) is 0 Å². The van der Waals surface area contributed by atoms with E-state index in [9.17, 15) is 9.59 Å². The molecular weight excluding hydrogens is 220 g/mol. The van der Waals surface area contributed by atoms with Crippen molar-refractivity contribution in [1.82, 2.24) is 5.32 Å². The van der Waals surface area contributed by atoms with E-state index in [2.05, 4.69) is 10.1 Å². The summed E-state index contributed by atoms with van der Waals surface area (Å²) in [4.78, 5) is 23.6. The van der Waals surface area contributed by atoms with Gasteiger partial charge in [-0.1, -0.05) is 26.7 Å². The number of nitrogens with two attached hydrogens (primary N) is 1. The lowest BCUT2D eigenvalue weighted by molar-refractivity contribution is -0.147. The van der Waals surface area contributed by atoms with Gasteiger partial charge in [-0.2, -0.15) is 0 Å². The summed E-state index contributed by atoms with van der Waals surface area (Å²) in [7, 11) is 1.32. The van der Waals surface area contributed by atoms with Crippen LogP contribution in [-0.2, 0) is 14.3 Å². The lowest BCUT2D eigenvalue weighted by Gasteiger charge is -2.27. The molecule has 0 radical (unpaired) electrons. The van der Waals surface area contributed by atoms with Crippen LogP contribution in [0.25, 0.3) is 0 Å². The number of hydrogen-bond donors (Lipinski definition) is 2. The van der Waals surface area contributed by atoms with Crippen LogP contribution in [0.15, 0.2) is 0 Å². The second kappa shape index (κ2) is 5.49. The van der Waals surface area contributed by atoms with Gasteiger partial charge >= 0.3 is 5.97 Å². The average Bonchev–Trinajstić information content (AvgIpc) is 2.72. The number of amides is 1. The molecule has 3 N–H and O–H groups in total. The highest BCUT2D eigenvalue weighted by atomic mass is 16.5. The minimum atomic E-state index is -0.804. The van der Waals surface area contributed by atoms with Crippen molar-refractivity contribution in [1.29, 1.82) is 0 Å². The van der Waals surface area contributed by atoms with Gasteiger partial charge < -0.3 is 15.8 Å². The first-order valence-corrected chi connectivity index (χ1v) is 6.08. The van der Waals surface area contributed by atoms with Crippen LogP contribution in [0.4, 0.5) is 0 Å². The van der Waals surface area contributed by atoms with Crippen molar-refractivity contribution in [2.75, 3.05) is 7.11 Å². The summed E-state index contributed by atoms with van der Waals surface area (Å²) >= 11 is 0. The number of esters is 1. The van der Waals surface area contributed by atoms with Gasteiger partial charge in [0.1, 0.15) is 6.04 Å². The van der Waals surface area contributed by atoms with Crippen LogP contribution in [0, 0.1) is 5.92 Å². The maximum atomic E-state index is 12.1. The highest BCUT2D eigenvalue weighted by Crippen LogP contribution is 2.27. The predicted octanol–water partition coefficient (Wildman–Crippen LogP) is 0.572. The molecule has 0 aliphatic heterocycles. The maximum Gasteiger partial charge on any atom is 0.328 e. The third-order valence-electron chi connectivity index (χ3n) is 3.36. The van der Waals surface area contributed by atoms with E-state index in [1.54, 1.807) is 0 Å². The van der Waals surface area contributed by atoms with Gasteiger partial charge in [-0.25, -0.2) is 4.79 Å². The largest absolute Gasteiger partial charge is 0.467 e. The maximum absolute atomic E-state index is 12.1. The molecule has 1 aliphatic carbocycles. The molecule has 1 atom stereocenters. The Hall–Kier alpha value is -1.10. The molecule has 0 aromatic carbocycles. The fourth-order valence-corrected chi connectivity index (χ4v) is 2.14. The molecule has 1 amide bonds. The Morgan fingerprint density at radius 3 is 2.24 bits per heavy atom. The number of carbonyl (C=O) groups excluding carboxylic acids is 2. The molecule has 0 unspecified atom stereocenters. The van der Waals surface area contributed by atoms with Crippen LogP contribution in [0.2, 0.25) is 0 Å². The number of nitrogens with one attached hydrogen (secondary N) is 1. The van der Waals surface area contributed by atoms with Gasteiger partial charge in [0.15, 0.2) is 0 Å². The Balaban J connectivity index is 2.67. The molecule has 98 valence electrons. The molecule has 1 fully saturated rings. The number of hydrogen-bond acceptors (Lipinski definition) is 4. The van der Waals surface area contributed by atoms with Crippen molar-refractivity contribution in [3.8, 4) is 0 Å². The van der Waals surface area contributed by atoms with E-state index in [1.165, 1.54) is 7.11 Å². The zero-order valence-electron chi connectivity index (χ0n) is 10.8. The molecule has 0 aromatic rings. The molecule has 1 rings (SSSR count). The van der Waals surface area contributed by atoms with E-state index in [0.717, 1.165) is 12.8 Å². The zero-order valence-corrected chi connectivity index (χ0v) is 10.8. The normalized spacial score (nSPS) is 20.1. The first-order chi connectivity index (χ1) is 7.90. The average molecular weight is 242 g/mol. The summed E-state index contributed by atoms with van der Waals surface area (Å²) in [6, 6.07) is -0.617. The van der Waals surface area contributed by atoms with Crippen LogP contribution in [-0.4, -0.2) is 30.6 Å². The Morgan fingerprint density at radius 2 is 1.82 bits per heavy atom. The Labute approximate surface area is 102 Å². The van der Waals surface area contributed by atoms with E-state index in [4.69, 9.17) is 5.73 Å². The van der Waals surface area contributed by atoms with Crippen molar-refractivity contribution in [2.24, 2.45) is 11.7 Å². The quantitative estimate of drug-likeness (QED) is 0.706. The smallest absolute Gasteiger partial charge is 0.328 e. The molecule has 0 saturated heterocycles. The predicted molar refractivity (Wildman–Crippen MR) is 64.2 cm³/mol. The number of carbonyl (C=O) groups is 2. The van der Waals surface area contributed by atoms with Crippen molar-refractivity contribution in [3.05, 3.63) is 0 Å². The van der Waals surface area contributed by atoms with Gasteiger partial charge in [0.05, 0.1) is 12.6 Å². The highest BCUT2D eigenvalue weighted by molar-refractivity contribution is 5.90. The Kier molecular flexibility index (Phi) is 4.51. The highest BCUT2D eigenvalue weighted by Gasteiger charge is 2.39. The third kappa shape index (κ3) is 3.19. The minimum Gasteiger partial charge on any atom is -0.467 e. The number of ether oxygens (including phenoxy) is 1. The van der Waals surface area contributed by atoms with E-state index in [-0.39, 0.29) is 11.8 Å². The Bertz CT molecular complexity index is 296. The van der Waals surface area contributed by atoms with Gasteiger partial charge in [-0.05, 0) is 18.8 Å². The fourth-order valence-electron chi connectivity index (χ4n) is 2.14. The summed E-state index contributed by atoms with van der Waals surface area (Å²) in [5, 5.41) is 2.71. The van der Waals surface area contributed by atoms with Gasteiger partial charge in [0.25, 0.3) is 0 Å². The molecule has 0 heterocycles. The van der Waals surface area contributed by atoms with Crippen LogP contribution >= 0.6 is 0 Å². The lowest BCUT2D eigenvalue weighted by atomic mass is 9.96. The van der Waals surface area contributed by atoms with E-state index < -0.39 is 17.6 Å². The van der Waals surface area contributed by atoms with Crippen molar-refractivity contribution in [2.45, 2.75) is 51.1 Å². The minimum absolute atomic E-state index is 0.0172. The van der Waals surface area contributed by atoms with Crippen molar-refractivity contribution >= 4 is 11.9 Å². The van der Waals surface area contributed by atoms with Crippen LogP contribution in [0.5, 0.6) is 0 Å². The molecular formula is C12H22N2O3. The molecule has 0 bridgehead atoms.